The minimum absolute atomic E-state index is 0.716. The summed E-state index contributed by atoms with van der Waals surface area (Å²) in [6.07, 6.45) is 10.7. The Labute approximate surface area is 75.4 Å². The predicted molar refractivity (Wildman–Crippen MR) is 52.2 cm³/mol. The van der Waals surface area contributed by atoms with E-state index in [1.165, 1.54) is 45.1 Å². The molecular weight excluding hydrogens is 146 g/mol. The van der Waals surface area contributed by atoms with Crippen LogP contribution in [0.2, 0.25) is 0 Å². The molecule has 1 saturated carbocycles. The largest absolute Gasteiger partial charge is 0.294 e. The molecule has 1 unspecified atom stereocenters. The number of likely N-dealkylation sites (tertiary alicyclic amines) is 1. The van der Waals surface area contributed by atoms with Crippen molar-refractivity contribution >= 4 is 0 Å². The van der Waals surface area contributed by atoms with Gasteiger partial charge in [0.1, 0.15) is 0 Å². The van der Waals surface area contributed by atoms with Crippen molar-refractivity contribution in [2.24, 2.45) is 0 Å². The monoisotopic (exact) mass is 165 g/mol. The first-order chi connectivity index (χ1) is 5.92. The molecule has 68 valence electrons. The molecule has 0 aromatic rings. The quantitative estimate of drug-likeness (QED) is 0.568. The molecule has 1 atom stereocenters. The fourth-order valence-corrected chi connectivity index (χ4v) is 2.55. The molecule has 2 fully saturated rings. The van der Waals surface area contributed by atoms with Crippen LogP contribution in [-0.4, -0.2) is 23.5 Å². The third-order valence-corrected chi connectivity index (χ3v) is 3.42. The lowest BCUT2D eigenvalue weighted by atomic mass is 9.89. The summed E-state index contributed by atoms with van der Waals surface area (Å²) in [7, 11) is 0. The Morgan fingerprint density at radius 2 is 1.83 bits per heavy atom. The Morgan fingerprint density at radius 3 is 2.33 bits per heavy atom. The maximum atomic E-state index is 3.89. The lowest BCUT2D eigenvalue weighted by molar-refractivity contribution is 0.0500. The first kappa shape index (κ1) is 8.31. The van der Waals surface area contributed by atoms with Gasteiger partial charge in [-0.1, -0.05) is 25.3 Å². The molecule has 1 aliphatic heterocycles. The minimum atomic E-state index is 0.716. The first-order valence-corrected chi connectivity index (χ1v) is 5.30. The maximum Gasteiger partial charge on any atom is 0.0290 e. The van der Waals surface area contributed by atoms with Gasteiger partial charge in [-0.3, -0.25) is 4.90 Å². The molecule has 0 aromatic heterocycles. The summed E-state index contributed by atoms with van der Waals surface area (Å²) in [5.74, 6) is 0. The molecule has 0 bridgehead atoms. The van der Waals surface area contributed by atoms with E-state index in [0.29, 0.717) is 6.04 Å². The minimum Gasteiger partial charge on any atom is -0.294 e. The molecule has 1 heterocycles. The van der Waals surface area contributed by atoms with Crippen LogP contribution in [0.4, 0.5) is 0 Å². The van der Waals surface area contributed by atoms with Crippen LogP contribution >= 0.6 is 0 Å². The van der Waals surface area contributed by atoms with Crippen molar-refractivity contribution in [3.8, 4) is 0 Å². The van der Waals surface area contributed by atoms with E-state index in [0.717, 1.165) is 6.04 Å². The average molecular weight is 165 g/mol. The Kier molecular flexibility index (Phi) is 2.50. The maximum absolute atomic E-state index is 3.89. The lowest BCUT2D eigenvalue weighted by Crippen LogP contribution is -2.52. The van der Waals surface area contributed by atoms with Crippen molar-refractivity contribution in [2.75, 3.05) is 6.54 Å². The van der Waals surface area contributed by atoms with Gasteiger partial charge in [-0.15, -0.1) is 6.58 Å². The van der Waals surface area contributed by atoms with Crippen molar-refractivity contribution in [3.63, 3.8) is 0 Å². The van der Waals surface area contributed by atoms with Crippen molar-refractivity contribution in [2.45, 2.75) is 50.6 Å². The van der Waals surface area contributed by atoms with Gasteiger partial charge in [-0.25, -0.2) is 0 Å². The van der Waals surface area contributed by atoms with Crippen LogP contribution in [0.15, 0.2) is 12.7 Å². The first-order valence-electron chi connectivity index (χ1n) is 5.30. The SMILES string of the molecule is C=CC1CCN1C1CCCCC1. The second kappa shape index (κ2) is 3.61. The molecule has 12 heavy (non-hydrogen) atoms. The van der Waals surface area contributed by atoms with Crippen molar-refractivity contribution in [1.82, 2.24) is 4.90 Å². The summed E-state index contributed by atoms with van der Waals surface area (Å²) in [6, 6.07) is 1.61. The van der Waals surface area contributed by atoms with E-state index in [1.54, 1.807) is 0 Å². The molecule has 1 saturated heterocycles. The molecule has 2 rings (SSSR count). The van der Waals surface area contributed by atoms with Gasteiger partial charge in [0, 0.05) is 18.6 Å². The van der Waals surface area contributed by atoms with E-state index >= 15 is 0 Å². The highest BCUT2D eigenvalue weighted by atomic mass is 15.2. The molecule has 0 spiro atoms. The van der Waals surface area contributed by atoms with Gasteiger partial charge in [0.15, 0.2) is 0 Å². The van der Waals surface area contributed by atoms with Crippen LogP contribution in [0.25, 0.3) is 0 Å². The molecule has 1 nitrogen and oxygen atoms in total. The van der Waals surface area contributed by atoms with Gasteiger partial charge >= 0.3 is 0 Å². The van der Waals surface area contributed by atoms with E-state index in [-0.39, 0.29) is 0 Å². The summed E-state index contributed by atoms with van der Waals surface area (Å²) in [5, 5.41) is 0. The van der Waals surface area contributed by atoms with E-state index < -0.39 is 0 Å². The number of hydrogen-bond acceptors (Lipinski definition) is 1. The van der Waals surface area contributed by atoms with Crippen LogP contribution < -0.4 is 0 Å². The Balaban J connectivity index is 1.86. The van der Waals surface area contributed by atoms with Crippen LogP contribution in [0.1, 0.15) is 38.5 Å². The summed E-state index contributed by atoms with van der Waals surface area (Å²) >= 11 is 0. The Morgan fingerprint density at radius 1 is 1.08 bits per heavy atom. The van der Waals surface area contributed by atoms with Crippen LogP contribution in [0.3, 0.4) is 0 Å². The predicted octanol–water partition coefficient (Wildman–Crippen LogP) is 2.58. The number of nitrogens with zero attached hydrogens (tertiary/aromatic N) is 1. The summed E-state index contributed by atoms with van der Waals surface area (Å²) in [4.78, 5) is 2.64. The highest BCUT2D eigenvalue weighted by Gasteiger charge is 2.31. The van der Waals surface area contributed by atoms with Crippen LogP contribution in [-0.2, 0) is 0 Å². The lowest BCUT2D eigenvalue weighted by Gasteiger charge is -2.46. The van der Waals surface area contributed by atoms with Crippen LogP contribution in [0.5, 0.6) is 0 Å². The fourth-order valence-electron chi connectivity index (χ4n) is 2.55. The van der Waals surface area contributed by atoms with Gasteiger partial charge in [-0.05, 0) is 19.3 Å². The molecule has 2 aliphatic rings. The molecule has 0 radical (unpaired) electrons. The second-order valence-electron chi connectivity index (χ2n) is 4.12. The summed E-state index contributed by atoms with van der Waals surface area (Å²) in [6.45, 7) is 5.21. The zero-order valence-corrected chi connectivity index (χ0v) is 7.84. The highest BCUT2D eigenvalue weighted by Crippen LogP contribution is 2.30. The standard InChI is InChI=1S/C11H19N/c1-2-10-8-9-12(10)11-6-4-3-5-7-11/h2,10-11H,1,3-9H2. The molecule has 0 aromatic carbocycles. The van der Waals surface area contributed by atoms with Crippen molar-refractivity contribution < 1.29 is 0 Å². The molecule has 0 amide bonds. The Bertz CT molecular complexity index is 158. The molecule has 1 aliphatic carbocycles. The van der Waals surface area contributed by atoms with Gasteiger partial charge in [-0.2, -0.15) is 0 Å². The van der Waals surface area contributed by atoms with Gasteiger partial charge in [0.05, 0.1) is 0 Å². The van der Waals surface area contributed by atoms with Crippen molar-refractivity contribution in [3.05, 3.63) is 12.7 Å². The molecular formula is C11H19N. The van der Waals surface area contributed by atoms with E-state index in [9.17, 15) is 0 Å². The molecule has 0 N–H and O–H groups in total. The van der Waals surface area contributed by atoms with Gasteiger partial charge in [0.2, 0.25) is 0 Å². The smallest absolute Gasteiger partial charge is 0.0290 e. The third-order valence-electron chi connectivity index (χ3n) is 3.42. The highest BCUT2D eigenvalue weighted by molar-refractivity contribution is 4.98. The normalized spacial score (nSPS) is 32.8. The van der Waals surface area contributed by atoms with E-state index in [1.807, 2.05) is 0 Å². The van der Waals surface area contributed by atoms with E-state index in [4.69, 9.17) is 0 Å². The zero-order chi connectivity index (χ0) is 8.39. The topological polar surface area (TPSA) is 3.24 Å². The molecule has 1 heteroatoms. The second-order valence-corrected chi connectivity index (χ2v) is 4.12. The number of rotatable bonds is 2. The van der Waals surface area contributed by atoms with Crippen LogP contribution in [0, 0.1) is 0 Å². The zero-order valence-electron chi connectivity index (χ0n) is 7.84. The summed E-state index contributed by atoms with van der Waals surface area (Å²) < 4.78 is 0. The van der Waals surface area contributed by atoms with E-state index in [2.05, 4.69) is 17.6 Å². The summed E-state index contributed by atoms with van der Waals surface area (Å²) in [5.41, 5.74) is 0. The number of hydrogen-bond donors (Lipinski definition) is 0. The third kappa shape index (κ3) is 1.42. The average Bonchev–Trinajstić information content (AvgIpc) is 2.05. The van der Waals surface area contributed by atoms with Crippen molar-refractivity contribution in [1.29, 1.82) is 0 Å². The Hall–Kier alpha value is -0.300. The fraction of sp³-hybridized carbons (Fsp3) is 0.818. The van der Waals surface area contributed by atoms with Gasteiger partial charge in [0.25, 0.3) is 0 Å². The van der Waals surface area contributed by atoms with Gasteiger partial charge < -0.3 is 0 Å².